The van der Waals surface area contributed by atoms with E-state index >= 15 is 0 Å². The third kappa shape index (κ3) is 3.47. The molecule has 0 saturated carbocycles. The van der Waals surface area contributed by atoms with Crippen molar-refractivity contribution in [2.45, 2.75) is 19.8 Å². The molecule has 0 atom stereocenters. The van der Waals surface area contributed by atoms with Crippen LogP contribution in [0.25, 0.3) is 0 Å². The van der Waals surface area contributed by atoms with Crippen LogP contribution in [0.3, 0.4) is 0 Å². The minimum Gasteiger partial charge on any atom is -0.550 e. The average Bonchev–Trinajstić information content (AvgIpc) is 2.17. The molecule has 0 saturated heterocycles. The molecule has 1 rings (SSSR count). The number of ether oxygens (including phenoxy) is 1. The van der Waals surface area contributed by atoms with E-state index < -0.39 is 5.97 Å². The average molecular weight is 193 g/mol. The largest absolute Gasteiger partial charge is 0.550 e. The highest BCUT2D eigenvalue weighted by molar-refractivity contribution is 5.64. The van der Waals surface area contributed by atoms with E-state index in [0.717, 1.165) is 11.3 Å². The van der Waals surface area contributed by atoms with Crippen molar-refractivity contribution in [1.82, 2.24) is 0 Å². The predicted molar refractivity (Wildman–Crippen MR) is 50.9 cm³/mol. The van der Waals surface area contributed by atoms with Crippen LogP contribution in [-0.4, -0.2) is 12.6 Å². The number of rotatable bonds is 5. The molecule has 1 aromatic rings. The summed E-state index contributed by atoms with van der Waals surface area (Å²) < 4.78 is 5.26. The molecule has 14 heavy (non-hydrogen) atoms. The third-order valence-corrected chi connectivity index (χ3v) is 1.85. The first-order valence-electron chi connectivity index (χ1n) is 4.64. The Kier molecular flexibility index (Phi) is 3.98. The lowest BCUT2D eigenvalue weighted by Crippen LogP contribution is -2.22. The van der Waals surface area contributed by atoms with E-state index in [2.05, 4.69) is 0 Å². The Morgan fingerprint density at radius 2 is 2.00 bits per heavy atom. The predicted octanol–water partition coefficient (Wildman–Crippen LogP) is 0.768. The smallest absolute Gasteiger partial charge is 0.119 e. The van der Waals surface area contributed by atoms with Crippen molar-refractivity contribution in [3.05, 3.63) is 29.8 Å². The van der Waals surface area contributed by atoms with E-state index in [1.807, 2.05) is 31.2 Å². The molecular formula is C11H13O3-. The quantitative estimate of drug-likeness (QED) is 0.694. The number of hydrogen-bond donors (Lipinski definition) is 0. The Bertz CT molecular complexity index is 290. The molecular weight excluding hydrogens is 180 g/mol. The Morgan fingerprint density at radius 3 is 2.50 bits per heavy atom. The summed E-state index contributed by atoms with van der Waals surface area (Å²) in [6.07, 6.45) is 0.572. The van der Waals surface area contributed by atoms with Crippen LogP contribution in [0.1, 0.15) is 18.9 Å². The molecule has 0 amide bonds. The van der Waals surface area contributed by atoms with Gasteiger partial charge in [0.05, 0.1) is 6.61 Å². The summed E-state index contributed by atoms with van der Waals surface area (Å²) in [5, 5.41) is 10.2. The van der Waals surface area contributed by atoms with Gasteiger partial charge in [0.25, 0.3) is 0 Å². The van der Waals surface area contributed by atoms with Gasteiger partial charge >= 0.3 is 0 Å². The van der Waals surface area contributed by atoms with Gasteiger partial charge in [-0.1, -0.05) is 12.1 Å². The zero-order valence-electron chi connectivity index (χ0n) is 8.16. The summed E-state index contributed by atoms with van der Waals surface area (Å²) >= 11 is 0. The second kappa shape index (κ2) is 5.27. The lowest BCUT2D eigenvalue weighted by molar-refractivity contribution is -0.305. The number of aliphatic carboxylic acids is 1. The van der Waals surface area contributed by atoms with Gasteiger partial charge in [-0.05, 0) is 37.5 Å². The van der Waals surface area contributed by atoms with Crippen molar-refractivity contribution in [1.29, 1.82) is 0 Å². The summed E-state index contributed by atoms with van der Waals surface area (Å²) in [7, 11) is 0. The number of carbonyl (C=O) groups excluding carboxylic acids is 1. The van der Waals surface area contributed by atoms with Crippen molar-refractivity contribution in [2.24, 2.45) is 0 Å². The van der Waals surface area contributed by atoms with Crippen LogP contribution in [0.4, 0.5) is 0 Å². The molecule has 0 bridgehead atoms. The zero-order valence-corrected chi connectivity index (χ0v) is 8.16. The van der Waals surface area contributed by atoms with E-state index in [-0.39, 0.29) is 6.42 Å². The second-order valence-corrected chi connectivity index (χ2v) is 2.95. The minimum absolute atomic E-state index is 0.0635. The molecule has 3 heteroatoms. The van der Waals surface area contributed by atoms with Gasteiger partial charge in [0.15, 0.2) is 0 Å². The monoisotopic (exact) mass is 193 g/mol. The van der Waals surface area contributed by atoms with Gasteiger partial charge in [-0.25, -0.2) is 0 Å². The van der Waals surface area contributed by atoms with Crippen LogP contribution < -0.4 is 9.84 Å². The molecule has 0 N–H and O–H groups in total. The lowest BCUT2D eigenvalue weighted by Gasteiger charge is -2.05. The fourth-order valence-corrected chi connectivity index (χ4v) is 1.17. The highest BCUT2D eigenvalue weighted by Crippen LogP contribution is 2.12. The van der Waals surface area contributed by atoms with Crippen molar-refractivity contribution in [2.75, 3.05) is 6.61 Å². The van der Waals surface area contributed by atoms with Gasteiger partial charge in [0.1, 0.15) is 5.75 Å². The summed E-state index contributed by atoms with van der Waals surface area (Å²) in [5.41, 5.74) is 0.984. The summed E-state index contributed by atoms with van der Waals surface area (Å²) in [4.78, 5) is 10.2. The van der Waals surface area contributed by atoms with E-state index in [0.29, 0.717) is 13.0 Å². The Balaban J connectivity index is 2.50. The standard InChI is InChI=1S/C11H14O3/c1-2-14-10-6-3-9(4-7-10)5-8-11(12)13/h3-4,6-7H,2,5,8H2,1H3,(H,12,13)/p-1. The highest BCUT2D eigenvalue weighted by Gasteiger charge is 1.95. The zero-order chi connectivity index (χ0) is 10.4. The van der Waals surface area contributed by atoms with Crippen LogP contribution in [0.5, 0.6) is 5.75 Å². The van der Waals surface area contributed by atoms with E-state index in [9.17, 15) is 9.90 Å². The van der Waals surface area contributed by atoms with E-state index in [1.54, 1.807) is 0 Å². The van der Waals surface area contributed by atoms with Crippen LogP contribution >= 0.6 is 0 Å². The van der Waals surface area contributed by atoms with Crippen LogP contribution in [0.2, 0.25) is 0 Å². The molecule has 1 aromatic carbocycles. The molecule has 0 heterocycles. The second-order valence-electron chi connectivity index (χ2n) is 2.95. The van der Waals surface area contributed by atoms with Gasteiger partial charge in [-0.15, -0.1) is 0 Å². The maximum absolute atomic E-state index is 10.2. The SMILES string of the molecule is CCOc1ccc(CCC(=O)[O-])cc1. The summed E-state index contributed by atoms with van der Waals surface area (Å²) in [6, 6.07) is 7.42. The minimum atomic E-state index is -1.01. The molecule has 0 aliphatic carbocycles. The summed E-state index contributed by atoms with van der Waals surface area (Å²) in [6.45, 7) is 2.56. The number of hydrogen-bond acceptors (Lipinski definition) is 3. The fraction of sp³-hybridized carbons (Fsp3) is 0.364. The first-order chi connectivity index (χ1) is 6.72. The number of benzene rings is 1. The van der Waals surface area contributed by atoms with Crippen molar-refractivity contribution < 1.29 is 14.6 Å². The molecule has 0 radical (unpaired) electrons. The van der Waals surface area contributed by atoms with E-state index in [1.165, 1.54) is 0 Å². The topological polar surface area (TPSA) is 49.4 Å². The maximum atomic E-state index is 10.2. The van der Waals surface area contributed by atoms with Crippen molar-refractivity contribution in [3.8, 4) is 5.75 Å². The lowest BCUT2D eigenvalue weighted by atomic mass is 10.1. The Morgan fingerprint density at radius 1 is 1.36 bits per heavy atom. The van der Waals surface area contributed by atoms with Crippen molar-refractivity contribution >= 4 is 5.97 Å². The number of carboxylic acid groups (broad SMARTS) is 1. The fourth-order valence-electron chi connectivity index (χ4n) is 1.17. The molecule has 0 aliphatic heterocycles. The van der Waals surface area contributed by atoms with Crippen LogP contribution in [-0.2, 0) is 11.2 Å². The normalized spacial score (nSPS) is 9.79. The molecule has 3 nitrogen and oxygen atoms in total. The van der Waals surface area contributed by atoms with Gasteiger partial charge in [-0.2, -0.15) is 0 Å². The first-order valence-corrected chi connectivity index (χ1v) is 4.64. The Hall–Kier alpha value is -1.51. The number of carbonyl (C=O) groups is 1. The molecule has 0 aliphatic rings. The highest BCUT2D eigenvalue weighted by atomic mass is 16.5. The Labute approximate surface area is 83.3 Å². The number of aryl methyl sites for hydroxylation is 1. The summed E-state index contributed by atoms with van der Waals surface area (Å²) in [5.74, 6) is -0.205. The van der Waals surface area contributed by atoms with E-state index in [4.69, 9.17) is 4.74 Å². The molecule has 0 unspecified atom stereocenters. The molecule has 0 fully saturated rings. The van der Waals surface area contributed by atoms with Gasteiger partial charge in [0.2, 0.25) is 0 Å². The molecule has 0 aromatic heterocycles. The van der Waals surface area contributed by atoms with Gasteiger partial charge < -0.3 is 14.6 Å². The van der Waals surface area contributed by atoms with Gasteiger partial charge in [0, 0.05) is 5.97 Å². The number of carboxylic acids is 1. The first kappa shape index (κ1) is 10.6. The van der Waals surface area contributed by atoms with Crippen molar-refractivity contribution in [3.63, 3.8) is 0 Å². The van der Waals surface area contributed by atoms with Gasteiger partial charge in [-0.3, -0.25) is 0 Å². The molecule has 76 valence electrons. The maximum Gasteiger partial charge on any atom is 0.119 e. The molecule has 0 spiro atoms. The third-order valence-electron chi connectivity index (χ3n) is 1.85. The van der Waals surface area contributed by atoms with Crippen LogP contribution in [0.15, 0.2) is 24.3 Å². The van der Waals surface area contributed by atoms with Crippen LogP contribution in [0, 0.1) is 0 Å².